The van der Waals surface area contributed by atoms with Crippen molar-refractivity contribution < 1.29 is 22.5 Å². The molecule has 34 heavy (non-hydrogen) atoms. The van der Waals surface area contributed by atoms with E-state index in [4.69, 9.17) is 4.52 Å². The maximum atomic E-state index is 12.9. The second-order valence-electron chi connectivity index (χ2n) is 6.98. The van der Waals surface area contributed by atoms with Crippen LogP contribution in [0.3, 0.4) is 0 Å². The van der Waals surface area contributed by atoms with Crippen molar-refractivity contribution in [3.05, 3.63) is 58.3 Å². The summed E-state index contributed by atoms with van der Waals surface area (Å²) in [6.07, 6.45) is -1.36. The van der Waals surface area contributed by atoms with E-state index in [0.29, 0.717) is 16.1 Å². The number of benzene rings is 1. The summed E-state index contributed by atoms with van der Waals surface area (Å²) in [5.41, 5.74) is 0.00483. The number of hydrogen-bond acceptors (Lipinski definition) is 7. The first-order chi connectivity index (χ1) is 16.1. The number of nitrogens with zero attached hydrogens (tertiary/aromatic N) is 4. The Morgan fingerprint density at radius 2 is 2.15 bits per heavy atom. The average molecular weight is 488 g/mol. The zero-order valence-electron chi connectivity index (χ0n) is 18.3. The lowest BCUT2D eigenvalue weighted by Gasteiger charge is -2.12. The molecule has 3 aromatic rings. The lowest BCUT2D eigenvalue weighted by molar-refractivity contribution is -0.137. The molecule has 2 aromatic heterocycles. The Labute approximate surface area is 196 Å². The number of H-pyrrole nitrogens is 1. The average Bonchev–Trinajstić information content (AvgIpc) is 3.44. The van der Waals surface area contributed by atoms with Crippen LogP contribution in [-0.4, -0.2) is 33.5 Å². The molecule has 0 aliphatic heterocycles. The second kappa shape index (κ2) is 9.96. The van der Waals surface area contributed by atoms with E-state index >= 15 is 0 Å². The molecular weight excluding hydrogens is 469 g/mol. The molecule has 0 unspecified atom stereocenters. The Kier molecular flexibility index (Phi) is 7.26. The SMILES string of the molecule is C=C(SC)/C(C#N)=C(\N=C/C)C(=O)N[C@H](C)c1cc(-c2nc3cc(C(F)(F)F)ccc3[nH]2)on1. The molecule has 12 heteroatoms. The van der Waals surface area contributed by atoms with E-state index in [0.717, 1.165) is 12.1 Å². The highest BCUT2D eigenvalue weighted by Crippen LogP contribution is 2.32. The second-order valence-corrected chi connectivity index (χ2v) is 7.88. The standard InChI is InChI=1S/C22H19F3N6O2S/c1-5-27-19(14(10-26)12(3)34-4)21(32)28-11(2)16-9-18(33-31-16)20-29-15-7-6-13(22(23,24)25)8-17(15)30-20/h5-9,11H,3H2,1-2,4H3,(H,28,32)(H,29,30)/b19-14-,27-5-/t11-/m1/s1. The predicted octanol–water partition coefficient (Wildman–Crippen LogP) is 5.16. The largest absolute Gasteiger partial charge is 0.416 e. The van der Waals surface area contributed by atoms with Crippen molar-refractivity contribution in [2.24, 2.45) is 4.99 Å². The Morgan fingerprint density at radius 3 is 2.76 bits per heavy atom. The number of nitrogens with one attached hydrogen (secondary N) is 2. The number of imidazole rings is 1. The van der Waals surface area contributed by atoms with E-state index < -0.39 is 23.7 Å². The summed E-state index contributed by atoms with van der Waals surface area (Å²) in [4.78, 5) is 24.2. The number of aromatic amines is 1. The van der Waals surface area contributed by atoms with Gasteiger partial charge in [-0.3, -0.25) is 9.79 Å². The van der Waals surface area contributed by atoms with Crippen LogP contribution in [-0.2, 0) is 11.0 Å². The number of carbonyl (C=O) groups excluding carboxylic acids is 1. The van der Waals surface area contributed by atoms with E-state index in [2.05, 4.69) is 32.0 Å². The molecule has 1 amide bonds. The number of alkyl halides is 3. The Balaban J connectivity index is 1.84. The number of fused-ring (bicyclic) bond motifs is 1. The number of amides is 1. The fourth-order valence-corrected chi connectivity index (χ4v) is 3.30. The van der Waals surface area contributed by atoms with Crippen LogP contribution in [0.25, 0.3) is 22.6 Å². The van der Waals surface area contributed by atoms with E-state index in [1.165, 1.54) is 30.1 Å². The van der Waals surface area contributed by atoms with Gasteiger partial charge in [-0.25, -0.2) is 4.98 Å². The molecule has 8 nitrogen and oxygen atoms in total. The zero-order chi connectivity index (χ0) is 25.0. The number of aromatic nitrogens is 3. The molecule has 0 aliphatic carbocycles. The predicted molar refractivity (Wildman–Crippen MR) is 123 cm³/mol. The van der Waals surface area contributed by atoms with Gasteiger partial charge in [-0.2, -0.15) is 18.4 Å². The molecule has 2 N–H and O–H groups in total. The topological polar surface area (TPSA) is 120 Å². The third-order valence-corrected chi connectivity index (χ3v) is 5.41. The molecule has 0 saturated carbocycles. The van der Waals surface area contributed by atoms with Gasteiger partial charge in [0.15, 0.2) is 5.82 Å². The Bertz CT molecular complexity index is 1350. The van der Waals surface area contributed by atoms with Crippen molar-refractivity contribution in [2.75, 3.05) is 6.26 Å². The number of rotatable bonds is 7. The quantitative estimate of drug-likeness (QED) is 0.205. The van der Waals surface area contributed by atoms with E-state index in [1.807, 2.05) is 6.07 Å². The highest BCUT2D eigenvalue weighted by Gasteiger charge is 2.31. The summed E-state index contributed by atoms with van der Waals surface area (Å²) >= 11 is 1.22. The first-order valence-corrected chi connectivity index (χ1v) is 11.0. The highest BCUT2D eigenvalue weighted by atomic mass is 32.2. The summed E-state index contributed by atoms with van der Waals surface area (Å²) < 4.78 is 44.1. The normalized spacial score (nSPS) is 13.6. The maximum Gasteiger partial charge on any atom is 0.416 e. The zero-order valence-corrected chi connectivity index (χ0v) is 19.1. The molecule has 3 rings (SSSR count). The smallest absolute Gasteiger partial charge is 0.353 e. The minimum Gasteiger partial charge on any atom is -0.353 e. The molecule has 0 saturated heterocycles. The van der Waals surface area contributed by atoms with E-state index in [9.17, 15) is 23.2 Å². The molecular formula is C22H19F3N6O2S. The number of hydrogen-bond donors (Lipinski definition) is 2. The number of aliphatic imine (C=N–C) groups is 1. The van der Waals surface area contributed by atoms with Crippen LogP contribution in [0, 0.1) is 11.3 Å². The first kappa shape index (κ1) is 24.8. The van der Waals surface area contributed by atoms with Crippen molar-refractivity contribution in [1.82, 2.24) is 20.4 Å². The molecule has 0 spiro atoms. The minimum atomic E-state index is -4.48. The molecule has 1 atom stereocenters. The minimum absolute atomic E-state index is 0.0524. The number of nitriles is 1. The lowest BCUT2D eigenvalue weighted by Crippen LogP contribution is -2.28. The monoisotopic (exact) mass is 488 g/mol. The van der Waals surface area contributed by atoms with Gasteiger partial charge in [0.05, 0.1) is 28.2 Å². The first-order valence-electron chi connectivity index (χ1n) is 9.80. The van der Waals surface area contributed by atoms with Gasteiger partial charge >= 0.3 is 6.18 Å². The van der Waals surface area contributed by atoms with Crippen LogP contribution in [0.4, 0.5) is 13.2 Å². The van der Waals surface area contributed by atoms with Crippen LogP contribution >= 0.6 is 11.8 Å². The maximum absolute atomic E-state index is 12.9. The third kappa shape index (κ3) is 5.20. The van der Waals surface area contributed by atoms with E-state index in [1.54, 1.807) is 20.1 Å². The third-order valence-electron chi connectivity index (χ3n) is 4.71. The van der Waals surface area contributed by atoms with Gasteiger partial charge in [0, 0.05) is 17.2 Å². The summed E-state index contributed by atoms with van der Waals surface area (Å²) in [6, 6.07) is 5.99. The van der Waals surface area contributed by atoms with Gasteiger partial charge in [-0.1, -0.05) is 11.7 Å². The van der Waals surface area contributed by atoms with Gasteiger partial charge in [-0.15, -0.1) is 11.8 Å². The summed E-state index contributed by atoms with van der Waals surface area (Å²) in [7, 11) is 0. The van der Waals surface area contributed by atoms with Crippen LogP contribution < -0.4 is 5.32 Å². The molecule has 1 aromatic carbocycles. The molecule has 0 bridgehead atoms. The van der Waals surface area contributed by atoms with Crippen molar-refractivity contribution in [2.45, 2.75) is 26.1 Å². The number of carbonyl (C=O) groups is 1. The van der Waals surface area contributed by atoms with Crippen molar-refractivity contribution in [1.29, 1.82) is 5.26 Å². The van der Waals surface area contributed by atoms with Gasteiger partial charge in [0.25, 0.3) is 5.91 Å². The van der Waals surface area contributed by atoms with Gasteiger partial charge in [-0.05, 0) is 38.3 Å². The molecule has 0 radical (unpaired) electrons. The van der Waals surface area contributed by atoms with Gasteiger partial charge in [0.2, 0.25) is 5.76 Å². The number of allylic oxidation sites excluding steroid dienone is 1. The summed E-state index contributed by atoms with van der Waals surface area (Å²) in [5, 5.41) is 16.1. The molecule has 0 aliphatic rings. The Morgan fingerprint density at radius 1 is 1.41 bits per heavy atom. The summed E-state index contributed by atoms with van der Waals surface area (Å²) in [6.45, 7) is 7.03. The van der Waals surface area contributed by atoms with Crippen LogP contribution in [0.2, 0.25) is 0 Å². The van der Waals surface area contributed by atoms with Gasteiger partial charge in [0.1, 0.15) is 17.5 Å². The lowest BCUT2D eigenvalue weighted by atomic mass is 10.1. The van der Waals surface area contributed by atoms with Crippen LogP contribution in [0.15, 0.2) is 56.5 Å². The summed E-state index contributed by atoms with van der Waals surface area (Å²) in [5.74, 6) is -0.243. The molecule has 176 valence electrons. The highest BCUT2D eigenvalue weighted by molar-refractivity contribution is 8.02. The van der Waals surface area contributed by atoms with Crippen molar-refractivity contribution >= 4 is 34.9 Å². The van der Waals surface area contributed by atoms with Gasteiger partial charge < -0.3 is 14.8 Å². The molecule has 0 fully saturated rings. The van der Waals surface area contributed by atoms with Crippen molar-refractivity contribution in [3.8, 4) is 17.7 Å². The fourth-order valence-electron chi connectivity index (χ4n) is 2.96. The fraction of sp³-hybridized carbons (Fsp3) is 0.227. The van der Waals surface area contributed by atoms with Crippen molar-refractivity contribution in [3.63, 3.8) is 0 Å². The number of thioether (sulfide) groups is 1. The number of halogens is 3. The molecule has 2 heterocycles. The van der Waals surface area contributed by atoms with E-state index in [-0.39, 0.29) is 28.4 Å². The van der Waals surface area contributed by atoms with Crippen LogP contribution in [0.1, 0.15) is 31.1 Å². The Hall–Kier alpha value is -3.85. The van der Waals surface area contributed by atoms with Crippen LogP contribution in [0.5, 0.6) is 0 Å².